The number of unbranched alkanes of at least 4 members (excludes halogenated alkanes) is 8. The summed E-state index contributed by atoms with van der Waals surface area (Å²) in [5.41, 5.74) is 1.62. The van der Waals surface area contributed by atoms with Gasteiger partial charge < -0.3 is 0 Å². The highest BCUT2D eigenvalue weighted by atomic mass is 32.1. The van der Waals surface area contributed by atoms with E-state index in [2.05, 4.69) is 24.6 Å². The molecule has 0 atom stereocenters. The van der Waals surface area contributed by atoms with Gasteiger partial charge in [-0.25, -0.2) is 0 Å². The maximum absolute atomic E-state index is 3.78. The van der Waals surface area contributed by atoms with Crippen molar-refractivity contribution in [3.8, 4) is 0 Å². The summed E-state index contributed by atoms with van der Waals surface area (Å²) in [5.74, 6) is 0. The molecule has 0 aromatic carbocycles. The van der Waals surface area contributed by atoms with Crippen molar-refractivity contribution in [3.05, 3.63) is 47.2 Å². The SMILES string of the molecule is C=CCCCCCCc1ccsc1CCCCCCC=C. The third kappa shape index (κ3) is 8.93. The minimum atomic E-state index is 1.18. The van der Waals surface area contributed by atoms with Crippen molar-refractivity contribution < 1.29 is 0 Å². The van der Waals surface area contributed by atoms with Crippen LogP contribution in [0.15, 0.2) is 36.8 Å². The fourth-order valence-electron chi connectivity index (χ4n) is 2.69. The molecule has 0 spiro atoms. The number of thiophene rings is 1. The summed E-state index contributed by atoms with van der Waals surface area (Å²) in [4.78, 5) is 1.64. The van der Waals surface area contributed by atoms with E-state index in [1.165, 1.54) is 77.0 Å². The zero-order chi connectivity index (χ0) is 15.2. The van der Waals surface area contributed by atoms with E-state index in [0.717, 1.165) is 0 Å². The fraction of sp³-hybridized carbons (Fsp3) is 0.600. The maximum atomic E-state index is 3.78. The van der Waals surface area contributed by atoms with Gasteiger partial charge in [0.05, 0.1) is 0 Å². The Labute approximate surface area is 136 Å². The van der Waals surface area contributed by atoms with Gasteiger partial charge in [0.15, 0.2) is 0 Å². The number of hydrogen-bond donors (Lipinski definition) is 0. The Kier molecular flexibility index (Phi) is 11.2. The first-order chi connectivity index (χ1) is 10.4. The lowest BCUT2D eigenvalue weighted by atomic mass is 10.0. The van der Waals surface area contributed by atoms with Crippen molar-refractivity contribution in [2.45, 2.75) is 77.0 Å². The van der Waals surface area contributed by atoms with Crippen molar-refractivity contribution in [3.63, 3.8) is 0 Å². The van der Waals surface area contributed by atoms with Gasteiger partial charge in [-0.3, -0.25) is 0 Å². The monoisotopic (exact) mass is 304 g/mol. The molecule has 0 aliphatic heterocycles. The molecule has 0 aliphatic rings. The summed E-state index contributed by atoms with van der Waals surface area (Å²) in [5, 5.41) is 2.28. The minimum Gasteiger partial charge on any atom is -0.149 e. The summed E-state index contributed by atoms with van der Waals surface area (Å²) in [6.45, 7) is 7.56. The van der Waals surface area contributed by atoms with E-state index in [1.54, 1.807) is 10.4 Å². The van der Waals surface area contributed by atoms with Crippen molar-refractivity contribution in [1.29, 1.82) is 0 Å². The Balaban J connectivity index is 2.11. The van der Waals surface area contributed by atoms with Crippen LogP contribution >= 0.6 is 11.3 Å². The molecule has 0 radical (unpaired) electrons. The van der Waals surface area contributed by atoms with Crippen molar-refractivity contribution in [2.24, 2.45) is 0 Å². The van der Waals surface area contributed by atoms with Gasteiger partial charge in [-0.2, -0.15) is 0 Å². The molecule has 1 heterocycles. The standard InChI is InChI=1S/C20H32S/c1-3-5-7-9-11-13-15-19-17-18-21-20(19)16-14-12-10-8-6-4-2/h3-4,17-18H,1-2,5-16H2. The van der Waals surface area contributed by atoms with Crippen LogP contribution in [0.5, 0.6) is 0 Å². The Hall–Kier alpha value is -0.820. The van der Waals surface area contributed by atoms with Crippen LogP contribution in [0, 0.1) is 0 Å². The number of aryl methyl sites for hydroxylation is 2. The van der Waals surface area contributed by atoms with E-state index >= 15 is 0 Å². The second kappa shape index (κ2) is 12.9. The van der Waals surface area contributed by atoms with Crippen LogP contribution in [0.4, 0.5) is 0 Å². The summed E-state index contributed by atoms with van der Waals surface area (Å²) in [6.07, 6.45) is 19.8. The summed E-state index contributed by atoms with van der Waals surface area (Å²) in [7, 11) is 0. The Morgan fingerprint density at radius 3 is 1.95 bits per heavy atom. The largest absolute Gasteiger partial charge is 0.149 e. The van der Waals surface area contributed by atoms with Gasteiger partial charge in [0, 0.05) is 4.88 Å². The topological polar surface area (TPSA) is 0 Å². The Bertz CT molecular complexity index is 340. The summed E-state index contributed by atoms with van der Waals surface area (Å²) < 4.78 is 0. The molecule has 118 valence electrons. The number of allylic oxidation sites excluding steroid dienone is 2. The molecule has 0 fully saturated rings. The molecular weight excluding hydrogens is 272 g/mol. The summed E-state index contributed by atoms with van der Waals surface area (Å²) in [6, 6.07) is 2.35. The van der Waals surface area contributed by atoms with Crippen LogP contribution in [0.25, 0.3) is 0 Å². The van der Waals surface area contributed by atoms with Gasteiger partial charge >= 0.3 is 0 Å². The molecule has 0 nitrogen and oxygen atoms in total. The number of rotatable bonds is 14. The third-order valence-corrected chi connectivity index (χ3v) is 5.03. The molecule has 0 saturated carbocycles. The molecule has 0 aliphatic carbocycles. The smallest absolute Gasteiger partial charge is 0.00772 e. The quantitative estimate of drug-likeness (QED) is 0.254. The maximum Gasteiger partial charge on any atom is 0.00772 e. The van der Waals surface area contributed by atoms with Gasteiger partial charge in [-0.15, -0.1) is 24.5 Å². The molecule has 1 aromatic heterocycles. The van der Waals surface area contributed by atoms with Gasteiger partial charge in [0.1, 0.15) is 0 Å². The Morgan fingerprint density at radius 1 is 0.762 bits per heavy atom. The first-order valence-electron chi connectivity index (χ1n) is 8.65. The fourth-order valence-corrected chi connectivity index (χ4v) is 3.67. The van der Waals surface area contributed by atoms with E-state index < -0.39 is 0 Å². The van der Waals surface area contributed by atoms with Crippen molar-refractivity contribution in [2.75, 3.05) is 0 Å². The van der Waals surface area contributed by atoms with E-state index in [1.807, 2.05) is 23.5 Å². The van der Waals surface area contributed by atoms with E-state index in [-0.39, 0.29) is 0 Å². The second-order valence-corrected chi connectivity index (χ2v) is 6.85. The highest BCUT2D eigenvalue weighted by molar-refractivity contribution is 7.10. The van der Waals surface area contributed by atoms with Crippen molar-refractivity contribution in [1.82, 2.24) is 0 Å². The van der Waals surface area contributed by atoms with Crippen molar-refractivity contribution >= 4 is 11.3 Å². The van der Waals surface area contributed by atoms with Gasteiger partial charge in [0.2, 0.25) is 0 Å². The first-order valence-corrected chi connectivity index (χ1v) is 9.53. The molecule has 1 rings (SSSR count). The molecule has 0 unspecified atom stereocenters. The lowest BCUT2D eigenvalue weighted by Crippen LogP contribution is -1.91. The predicted octanol–water partition coefficient (Wildman–Crippen LogP) is 7.11. The third-order valence-electron chi connectivity index (χ3n) is 4.00. The highest BCUT2D eigenvalue weighted by Crippen LogP contribution is 2.22. The highest BCUT2D eigenvalue weighted by Gasteiger charge is 2.04. The lowest BCUT2D eigenvalue weighted by molar-refractivity contribution is 0.636. The van der Waals surface area contributed by atoms with Crippen LogP contribution in [0.1, 0.15) is 74.6 Å². The minimum absolute atomic E-state index is 1.18. The molecule has 0 saturated heterocycles. The molecule has 0 amide bonds. The van der Waals surface area contributed by atoms with Crippen LogP contribution in [-0.4, -0.2) is 0 Å². The van der Waals surface area contributed by atoms with Crippen LogP contribution in [0.2, 0.25) is 0 Å². The predicted molar refractivity (Wildman–Crippen MR) is 98.3 cm³/mol. The molecule has 1 heteroatoms. The zero-order valence-electron chi connectivity index (χ0n) is 13.6. The van der Waals surface area contributed by atoms with Gasteiger partial charge in [0.25, 0.3) is 0 Å². The molecule has 1 aromatic rings. The molecule has 0 N–H and O–H groups in total. The van der Waals surface area contributed by atoms with Gasteiger partial charge in [-0.05, 0) is 68.4 Å². The molecular formula is C20H32S. The molecule has 21 heavy (non-hydrogen) atoms. The average molecular weight is 305 g/mol. The van der Waals surface area contributed by atoms with E-state index in [0.29, 0.717) is 0 Å². The lowest BCUT2D eigenvalue weighted by Gasteiger charge is -2.04. The van der Waals surface area contributed by atoms with E-state index in [4.69, 9.17) is 0 Å². The average Bonchev–Trinajstić information content (AvgIpc) is 2.94. The normalized spacial score (nSPS) is 10.7. The number of hydrogen-bond acceptors (Lipinski definition) is 1. The van der Waals surface area contributed by atoms with Crippen LogP contribution < -0.4 is 0 Å². The van der Waals surface area contributed by atoms with Crippen LogP contribution in [-0.2, 0) is 12.8 Å². The first kappa shape index (κ1) is 18.2. The summed E-state index contributed by atoms with van der Waals surface area (Å²) >= 11 is 1.96. The second-order valence-electron chi connectivity index (χ2n) is 5.85. The van der Waals surface area contributed by atoms with Crippen LogP contribution in [0.3, 0.4) is 0 Å². The molecule has 0 bridgehead atoms. The van der Waals surface area contributed by atoms with E-state index in [9.17, 15) is 0 Å². The van der Waals surface area contributed by atoms with Gasteiger partial charge in [-0.1, -0.05) is 37.8 Å². The zero-order valence-corrected chi connectivity index (χ0v) is 14.4. The Morgan fingerprint density at radius 2 is 1.33 bits per heavy atom.